The molecule has 0 unspecified atom stereocenters. The molecule has 2 atom stereocenters. The van der Waals surface area contributed by atoms with Crippen LogP contribution in [0.15, 0.2) is 71.8 Å². The molecular weight excluding hydrogens is 553 g/mol. The van der Waals surface area contributed by atoms with Gasteiger partial charge in [-0.05, 0) is 67.8 Å². The second kappa shape index (κ2) is 15.7. The third-order valence-corrected chi connectivity index (χ3v) is 6.13. The normalized spacial score (nSPS) is 12.4. The van der Waals surface area contributed by atoms with Gasteiger partial charge in [0, 0.05) is 11.4 Å². The molecule has 0 aliphatic carbocycles. The Kier molecular flexibility index (Phi) is 12.1. The Balaban J connectivity index is 1.69. The standard InChI is InChI=1S/C30H33Cl2N3O5/c1-4-15-39-27-13-11-22(17-28(27)38-5-2)19-33-35-30(37)25(16-21-9-7-6-8-10-21)34-29(36)20(3)40-26-14-12-23(31)18-24(26)32/h6-14,17-20,25H,4-5,15-16H2,1-3H3,(H,34,36)(H,35,37)/b33-19-/t20-,25-/m1/s1. The van der Waals surface area contributed by atoms with E-state index in [0.29, 0.717) is 41.0 Å². The highest BCUT2D eigenvalue weighted by molar-refractivity contribution is 6.35. The Morgan fingerprint density at radius 3 is 2.38 bits per heavy atom. The summed E-state index contributed by atoms with van der Waals surface area (Å²) < 4.78 is 17.1. The van der Waals surface area contributed by atoms with Gasteiger partial charge in [0.15, 0.2) is 17.6 Å². The van der Waals surface area contributed by atoms with E-state index in [4.69, 9.17) is 37.4 Å². The van der Waals surface area contributed by atoms with Crippen molar-refractivity contribution in [3.63, 3.8) is 0 Å². The number of amides is 2. The van der Waals surface area contributed by atoms with Crippen molar-refractivity contribution < 1.29 is 23.8 Å². The molecule has 2 amide bonds. The number of carbonyl (C=O) groups is 2. The van der Waals surface area contributed by atoms with E-state index >= 15 is 0 Å². The molecule has 0 aliphatic rings. The summed E-state index contributed by atoms with van der Waals surface area (Å²) in [6, 6.07) is 18.6. The van der Waals surface area contributed by atoms with Crippen LogP contribution in [0.2, 0.25) is 10.0 Å². The summed E-state index contributed by atoms with van der Waals surface area (Å²) in [5, 5.41) is 7.59. The Labute approximate surface area is 244 Å². The lowest BCUT2D eigenvalue weighted by Crippen LogP contribution is -2.50. The quantitative estimate of drug-likeness (QED) is 0.183. The van der Waals surface area contributed by atoms with Crippen molar-refractivity contribution >= 4 is 41.2 Å². The lowest BCUT2D eigenvalue weighted by Gasteiger charge is -2.21. The third kappa shape index (κ3) is 9.47. The average molecular weight is 587 g/mol. The Morgan fingerprint density at radius 1 is 0.925 bits per heavy atom. The van der Waals surface area contributed by atoms with E-state index in [1.807, 2.05) is 50.2 Å². The van der Waals surface area contributed by atoms with Gasteiger partial charge in [-0.15, -0.1) is 0 Å². The minimum atomic E-state index is -0.932. The maximum absolute atomic E-state index is 13.1. The Hall–Kier alpha value is -3.75. The van der Waals surface area contributed by atoms with E-state index in [1.165, 1.54) is 12.3 Å². The summed E-state index contributed by atoms with van der Waals surface area (Å²) in [6.07, 6.45) is 1.69. The summed E-state index contributed by atoms with van der Waals surface area (Å²) in [5.74, 6) is 0.565. The second-order valence-electron chi connectivity index (χ2n) is 8.81. The van der Waals surface area contributed by atoms with Crippen molar-refractivity contribution in [1.29, 1.82) is 0 Å². The predicted molar refractivity (Wildman–Crippen MR) is 158 cm³/mol. The average Bonchev–Trinajstić information content (AvgIpc) is 2.94. The summed E-state index contributed by atoms with van der Waals surface area (Å²) in [7, 11) is 0. The zero-order chi connectivity index (χ0) is 28.9. The van der Waals surface area contributed by atoms with E-state index in [0.717, 1.165) is 12.0 Å². The van der Waals surface area contributed by atoms with Crippen molar-refractivity contribution in [2.24, 2.45) is 5.10 Å². The Bertz CT molecular complexity index is 1300. The van der Waals surface area contributed by atoms with Crippen LogP contribution in [0.1, 0.15) is 38.3 Å². The minimum absolute atomic E-state index is 0.250. The molecule has 2 N–H and O–H groups in total. The number of rotatable bonds is 14. The number of hydrogen-bond acceptors (Lipinski definition) is 6. The van der Waals surface area contributed by atoms with E-state index < -0.39 is 24.0 Å². The molecule has 0 aliphatic heterocycles. The lowest BCUT2D eigenvalue weighted by molar-refractivity contribution is -0.132. The summed E-state index contributed by atoms with van der Waals surface area (Å²) >= 11 is 12.1. The minimum Gasteiger partial charge on any atom is -0.490 e. The number of nitrogens with zero attached hydrogens (tertiary/aromatic N) is 1. The molecule has 0 spiro atoms. The van der Waals surface area contributed by atoms with Gasteiger partial charge in [0.2, 0.25) is 0 Å². The fourth-order valence-corrected chi connectivity index (χ4v) is 4.07. The topological polar surface area (TPSA) is 98.2 Å². The fraction of sp³-hybridized carbons (Fsp3) is 0.300. The molecule has 0 heterocycles. The highest BCUT2D eigenvalue weighted by Crippen LogP contribution is 2.29. The van der Waals surface area contributed by atoms with Crippen LogP contribution in [-0.2, 0) is 16.0 Å². The van der Waals surface area contributed by atoms with E-state index in [-0.39, 0.29) is 11.4 Å². The molecule has 0 saturated carbocycles. The second-order valence-corrected chi connectivity index (χ2v) is 9.65. The van der Waals surface area contributed by atoms with Crippen LogP contribution in [-0.4, -0.2) is 43.4 Å². The summed E-state index contributed by atoms with van der Waals surface area (Å²) in [4.78, 5) is 26.1. The van der Waals surface area contributed by atoms with Gasteiger partial charge in [-0.3, -0.25) is 9.59 Å². The number of benzene rings is 3. The first-order valence-corrected chi connectivity index (χ1v) is 13.7. The largest absolute Gasteiger partial charge is 0.490 e. The maximum atomic E-state index is 13.1. The van der Waals surface area contributed by atoms with E-state index in [1.54, 1.807) is 31.2 Å². The summed E-state index contributed by atoms with van der Waals surface area (Å²) in [6.45, 7) is 6.55. The summed E-state index contributed by atoms with van der Waals surface area (Å²) in [5.41, 5.74) is 4.10. The molecule has 8 nitrogen and oxygen atoms in total. The molecule has 40 heavy (non-hydrogen) atoms. The highest BCUT2D eigenvalue weighted by Gasteiger charge is 2.25. The van der Waals surface area contributed by atoms with Crippen LogP contribution in [0.4, 0.5) is 0 Å². The fourth-order valence-electron chi connectivity index (χ4n) is 3.62. The van der Waals surface area contributed by atoms with Crippen molar-refractivity contribution in [1.82, 2.24) is 10.7 Å². The molecule has 0 aromatic heterocycles. The van der Waals surface area contributed by atoms with Crippen molar-refractivity contribution in [2.75, 3.05) is 13.2 Å². The lowest BCUT2D eigenvalue weighted by atomic mass is 10.1. The van der Waals surface area contributed by atoms with Crippen LogP contribution < -0.4 is 25.0 Å². The van der Waals surface area contributed by atoms with E-state index in [2.05, 4.69) is 15.8 Å². The number of ether oxygens (including phenoxy) is 3. The van der Waals surface area contributed by atoms with Gasteiger partial charge in [0.25, 0.3) is 11.8 Å². The molecule has 10 heteroatoms. The molecule has 0 bridgehead atoms. The predicted octanol–water partition coefficient (Wildman–Crippen LogP) is 5.83. The van der Waals surface area contributed by atoms with Gasteiger partial charge in [-0.25, -0.2) is 5.43 Å². The molecular formula is C30H33Cl2N3O5. The smallest absolute Gasteiger partial charge is 0.262 e. The van der Waals surface area contributed by atoms with Crippen LogP contribution in [0.3, 0.4) is 0 Å². The van der Waals surface area contributed by atoms with Crippen molar-refractivity contribution in [3.05, 3.63) is 87.9 Å². The monoisotopic (exact) mass is 585 g/mol. The third-order valence-electron chi connectivity index (χ3n) is 5.60. The molecule has 0 radical (unpaired) electrons. The van der Waals surface area contributed by atoms with Gasteiger partial charge in [-0.2, -0.15) is 5.10 Å². The van der Waals surface area contributed by atoms with Gasteiger partial charge in [-0.1, -0.05) is 60.5 Å². The van der Waals surface area contributed by atoms with Crippen molar-refractivity contribution in [2.45, 2.75) is 45.8 Å². The van der Waals surface area contributed by atoms with Gasteiger partial charge < -0.3 is 19.5 Å². The molecule has 0 fully saturated rings. The SMILES string of the molecule is CCCOc1ccc(/C=N\NC(=O)[C@@H](Cc2ccccc2)NC(=O)[C@@H](C)Oc2ccc(Cl)cc2Cl)cc1OCC. The number of carbonyl (C=O) groups excluding carboxylic acids is 2. The molecule has 3 aromatic carbocycles. The van der Waals surface area contributed by atoms with Gasteiger partial charge in [0.1, 0.15) is 11.8 Å². The molecule has 3 aromatic rings. The Morgan fingerprint density at radius 2 is 1.68 bits per heavy atom. The number of hydrazone groups is 1. The molecule has 212 valence electrons. The first-order chi connectivity index (χ1) is 19.3. The first-order valence-electron chi connectivity index (χ1n) is 13.0. The van der Waals surface area contributed by atoms with Crippen LogP contribution in [0.5, 0.6) is 17.2 Å². The van der Waals surface area contributed by atoms with Crippen molar-refractivity contribution in [3.8, 4) is 17.2 Å². The van der Waals surface area contributed by atoms with Gasteiger partial charge >= 0.3 is 0 Å². The van der Waals surface area contributed by atoms with Crippen LogP contribution in [0.25, 0.3) is 0 Å². The highest BCUT2D eigenvalue weighted by atomic mass is 35.5. The molecule has 0 saturated heterocycles. The number of hydrogen-bond donors (Lipinski definition) is 2. The van der Waals surface area contributed by atoms with Crippen LogP contribution in [0, 0.1) is 0 Å². The van der Waals surface area contributed by atoms with Crippen LogP contribution >= 0.6 is 23.2 Å². The van der Waals surface area contributed by atoms with Gasteiger partial charge in [0.05, 0.1) is 24.5 Å². The maximum Gasteiger partial charge on any atom is 0.262 e. The molecule has 3 rings (SSSR count). The van der Waals surface area contributed by atoms with E-state index in [9.17, 15) is 9.59 Å². The first kappa shape index (κ1) is 30.8. The zero-order valence-corrected chi connectivity index (χ0v) is 24.2. The zero-order valence-electron chi connectivity index (χ0n) is 22.7. The number of nitrogens with one attached hydrogen (secondary N) is 2. The number of halogens is 2.